The van der Waals surface area contributed by atoms with E-state index in [2.05, 4.69) is 0 Å². The van der Waals surface area contributed by atoms with E-state index >= 15 is 0 Å². The lowest BCUT2D eigenvalue weighted by Gasteiger charge is -1.98. The number of hydrogen-bond acceptors (Lipinski definition) is 4. The third kappa shape index (κ3) is 2.06. The highest BCUT2D eigenvalue weighted by atomic mass is 16.5. The molecular weight excluding hydrogens is 220 g/mol. The Morgan fingerprint density at radius 2 is 2.00 bits per heavy atom. The second kappa shape index (κ2) is 4.41. The van der Waals surface area contributed by atoms with Gasteiger partial charge in [0.05, 0.1) is 6.61 Å². The lowest BCUT2D eigenvalue weighted by Crippen LogP contribution is -2.13. The Balaban J connectivity index is 2.63. The SMILES string of the molecule is CCOC(=O)c1c2ccc(C)ccc-2oc1=O. The highest BCUT2D eigenvalue weighted by molar-refractivity contribution is 5.96. The minimum Gasteiger partial charge on any atom is -0.462 e. The summed E-state index contributed by atoms with van der Waals surface area (Å²) in [6, 6.07) is 7.01. The highest BCUT2D eigenvalue weighted by Gasteiger charge is 2.23. The average molecular weight is 232 g/mol. The first-order valence-corrected chi connectivity index (χ1v) is 5.34. The van der Waals surface area contributed by atoms with Crippen LogP contribution in [0.1, 0.15) is 22.8 Å². The average Bonchev–Trinajstić information content (AvgIpc) is 2.50. The number of fused-ring (bicyclic) bond motifs is 1. The number of carbonyl (C=O) groups excluding carboxylic acids is 1. The van der Waals surface area contributed by atoms with Gasteiger partial charge in [0.2, 0.25) is 0 Å². The van der Waals surface area contributed by atoms with Gasteiger partial charge in [-0.2, -0.15) is 0 Å². The van der Waals surface area contributed by atoms with Gasteiger partial charge in [0.25, 0.3) is 0 Å². The zero-order valence-electron chi connectivity index (χ0n) is 9.65. The van der Waals surface area contributed by atoms with Crippen molar-refractivity contribution < 1.29 is 13.9 Å². The number of rotatable bonds is 2. The minimum absolute atomic E-state index is 0.0301. The fourth-order valence-corrected chi connectivity index (χ4v) is 1.60. The molecule has 4 heteroatoms. The van der Waals surface area contributed by atoms with Crippen LogP contribution in [0.4, 0.5) is 0 Å². The normalized spacial score (nSPS) is 10.5. The maximum Gasteiger partial charge on any atom is 0.351 e. The Morgan fingerprint density at radius 1 is 1.29 bits per heavy atom. The monoisotopic (exact) mass is 232 g/mol. The molecule has 0 aromatic heterocycles. The van der Waals surface area contributed by atoms with E-state index in [9.17, 15) is 9.59 Å². The summed E-state index contributed by atoms with van der Waals surface area (Å²) in [4.78, 5) is 23.2. The molecule has 1 aliphatic heterocycles. The molecule has 1 aliphatic carbocycles. The quantitative estimate of drug-likeness (QED) is 0.745. The molecule has 0 saturated carbocycles. The van der Waals surface area contributed by atoms with E-state index < -0.39 is 11.6 Å². The van der Waals surface area contributed by atoms with E-state index in [0.717, 1.165) is 5.56 Å². The molecule has 2 aliphatic rings. The van der Waals surface area contributed by atoms with Gasteiger partial charge in [-0.15, -0.1) is 0 Å². The van der Waals surface area contributed by atoms with Gasteiger partial charge in [-0.1, -0.05) is 17.7 Å². The van der Waals surface area contributed by atoms with Crippen LogP contribution in [-0.4, -0.2) is 12.6 Å². The molecule has 0 aromatic rings. The molecule has 2 rings (SSSR count). The number of aryl methyl sites for hydroxylation is 1. The van der Waals surface area contributed by atoms with Crippen molar-refractivity contribution in [3.63, 3.8) is 0 Å². The van der Waals surface area contributed by atoms with Crippen molar-refractivity contribution in [1.29, 1.82) is 0 Å². The summed E-state index contributed by atoms with van der Waals surface area (Å²) < 4.78 is 9.86. The molecule has 0 spiro atoms. The van der Waals surface area contributed by atoms with Crippen LogP contribution in [0.5, 0.6) is 0 Å². The maximum atomic E-state index is 11.6. The van der Waals surface area contributed by atoms with Gasteiger partial charge in [-0.3, -0.25) is 0 Å². The van der Waals surface area contributed by atoms with Crippen molar-refractivity contribution in [1.82, 2.24) is 0 Å². The second-order valence-electron chi connectivity index (χ2n) is 3.67. The molecule has 4 nitrogen and oxygen atoms in total. The Bertz CT molecular complexity index is 583. The molecule has 88 valence electrons. The van der Waals surface area contributed by atoms with E-state index in [1.807, 2.05) is 19.1 Å². The third-order valence-electron chi connectivity index (χ3n) is 2.43. The smallest absolute Gasteiger partial charge is 0.351 e. The molecule has 17 heavy (non-hydrogen) atoms. The lowest BCUT2D eigenvalue weighted by molar-refractivity contribution is 0.0524. The number of ether oxygens (including phenoxy) is 1. The summed E-state index contributed by atoms with van der Waals surface area (Å²) in [5, 5.41) is 0. The van der Waals surface area contributed by atoms with Crippen molar-refractivity contribution >= 4 is 5.97 Å². The molecule has 1 heterocycles. The first-order chi connectivity index (χ1) is 8.13. The van der Waals surface area contributed by atoms with Crippen LogP contribution in [0.2, 0.25) is 0 Å². The fraction of sp³-hybridized carbons (Fsp3) is 0.231. The molecule has 0 saturated heterocycles. The van der Waals surface area contributed by atoms with Crippen molar-refractivity contribution in [2.75, 3.05) is 6.61 Å². The minimum atomic E-state index is -0.651. The summed E-state index contributed by atoms with van der Waals surface area (Å²) in [5.41, 5.74) is 0.819. The van der Waals surface area contributed by atoms with Gasteiger partial charge in [-0.25, -0.2) is 9.59 Å². The molecule has 0 aromatic carbocycles. The van der Waals surface area contributed by atoms with E-state index in [-0.39, 0.29) is 12.2 Å². The van der Waals surface area contributed by atoms with Gasteiger partial charge >= 0.3 is 11.6 Å². The first-order valence-electron chi connectivity index (χ1n) is 5.34. The van der Waals surface area contributed by atoms with Crippen molar-refractivity contribution in [3.8, 4) is 11.3 Å². The molecule has 0 amide bonds. The van der Waals surface area contributed by atoms with E-state index in [1.54, 1.807) is 19.1 Å². The van der Waals surface area contributed by atoms with E-state index in [1.165, 1.54) is 0 Å². The summed E-state index contributed by atoms with van der Waals surface area (Å²) in [7, 11) is 0. The summed E-state index contributed by atoms with van der Waals surface area (Å²) in [6.45, 7) is 3.83. The molecule has 0 N–H and O–H groups in total. The van der Waals surface area contributed by atoms with Crippen LogP contribution in [0, 0.1) is 6.92 Å². The molecule has 0 unspecified atom stereocenters. The van der Waals surface area contributed by atoms with Crippen molar-refractivity contribution in [3.05, 3.63) is 45.8 Å². The van der Waals surface area contributed by atoms with Crippen LogP contribution in [-0.2, 0) is 4.74 Å². The zero-order chi connectivity index (χ0) is 12.4. The lowest BCUT2D eigenvalue weighted by atomic mass is 10.1. The third-order valence-corrected chi connectivity index (χ3v) is 2.43. The standard InChI is InChI=1S/C13H12O4/c1-3-16-12(14)11-9-6-4-8(2)5-7-10(9)17-13(11)15/h4-7H,3H2,1-2H3. The topological polar surface area (TPSA) is 56.5 Å². The van der Waals surface area contributed by atoms with Crippen molar-refractivity contribution in [2.24, 2.45) is 0 Å². The Morgan fingerprint density at radius 3 is 2.71 bits per heavy atom. The second-order valence-corrected chi connectivity index (χ2v) is 3.67. The number of carbonyl (C=O) groups is 1. The van der Waals surface area contributed by atoms with Crippen LogP contribution in [0.3, 0.4) is 0 Å². The van der Waals surface area contributed by atoms with Gasteiger partial charge in [-0.05, 0) is 26.0 Å². The summed E-state index contributed by atoms with van der Waals surface area (Å²) in [6.07, 6.45) is 0. The fourth-order valence-electron chi connectivity index (χ4n) is 1.60. The zero-order valence-corrected chi connectivity index (χ0v) is 9.65. The predicted octanol–water partition coefficient (Wildman–Crippen LogP) is 2.23. The molecular formula is C13H12O4. The Kier molecular flexibility index (Phi) is 2.95. The van der Waals surface area contributed by atoms with Gasteiger partial charge < -0.3 is 9.15 Å². The largest absolute Gasteiger partial charge is 0.462 e. The van der Waals surface area contributed by atoms with Crippen molar-refractivity contribution in [2.45, 2.75) is 13.8 Å². The molecule has 0 fully saturated rings. The highest BCUT2D eigenvalue weighted by Crippen LogP contribution is 2.24. The Hall–Kier alpha value is -2.10. The van der Waals surface area contributed by atoms with E-state index in [4.69, 9.17) is 9.15 Å². The first kappa shape index (κ1) is 11.4. The van der Waals surface area contributed by atoms with Gasteiger partial charge in [0.1, 0.15) is 5.76 Å². The predicted molar refractivity (Wildman–Crippen MR) is 62.3 cm³/mol. The molecule has 0 bridgehead atoms. The van der Waals surface area contributed by atoms with Gasteiger partial charge in [0.15, 0.2) is 5.56 Å². The van der Waals surface area contributed by atoms with Crippen LogP contribution in [0.15, 0.2) is 33.5 Å². The number of hydrogen-bond donors (Lipinski definition) is 0. The van der Waals surface area contributed by atoms with Crippen LogP contribution >= 0.6 is 0 Å². The molecule has 0 atom stereocenters. The maximum absolute atomic E-state index is 11.6. The van der Waals surface area contributed by atoms with Crippen LogP contribution < -0.4 is 5.63 Å². The van der Waals surface area contributed by atoms with E-state index in [0.29, 0.717) is 11.3 Å². The number of furan rings is 1. The van der Waals surface area contributed by atoms with Crippen LogP contribution in [0.25, 0.3) is 11.3 Å². The van der Waals surface area contributed by atoms with Gasteiger partial charge in [0, 0.05) is 5.56 Å². The summed E-state index contributed by atoms with van der Waals surface area (Å²) >= 11 is 0. The number of esters is 1. The summed E-state index contributed by atoms with van der Waals surface area (Å²) in [5.74, 6) is -0.244. The Labute approximate surface area is 98.2 Å². The molecule has 0 radical (unpaired) electrons.